The van der Waals surface area contributed by atoms with Crippen LogP contribution in [0.4, 0.5) is 4.79 Å². The van der Waals surface area contributed by atoms with Gasteiger partial charge in [0.1, 0.15) is 18.2 Å². The fourth-order valence-corrected chi connectivity index (χ4v) is 6.90. The molecule has 0 spiro atoms. The van der Waals surface area contributed by atoms with Gasteiger partial charge in [0.25, 0.3) is 0 Å². The molecule has 0 bridgehead atoms. The third-order valence-electron chi connectivity index (χ3n) is 8.81. The van der Waals surface area contributed by atoms with E-state index in [4.69, 9.17) is 21.7 Å². The van der Waals surface area contributed by atoms with Crippen LogP contribution in [-0.4, -0.2) is 36.3 Å². The van der Waals surface area contributed by atoms with Gasteiger partial charge in [0, 0.05) is 12.3 Å². The van der Waals surface area contributed by atoms with E-state index in [1.54, 1.807) is 0 Å². The minimum atomic E-state index is -0.947. The van der Waals surface area contributed by atoms with Crippen LogP contribution in [0.5, 0.6) is 0 Å². The third-order valence-corrected chi connectivity index (χ3v) is 9.22. The topological polar surface area (TPSA) is 76.7 Å². The van der Waals surface area contributed by atoms with Crippen molar-refractivity contribution in [1.29, 1.82) is 0 Å². The number of carbonyl (C=O) groups excluding carboxylic acids is 2. The average molecular weight is 655 g/mol. The number of benzene rings is 5. The van der Waals surface area contributed by atoms with Gasteiger partial charge >= 0.3 is 6.09 Å². The van der Waals surface area contributed by atoms with E-state index in [0.29, 0.717) is 6.61 Å². The zero-order valence-corrected chi connectivity index (χ0v) is 27.6. The largest absolute Gasteiger partial charge is 0.485 e. The summed E-state index contributed by atoms with van der Waals surface area (Å²) in [6, 6.07) is 45.5. The van der Waals surface area contributed by atoms with Crippen molar-refractivity contribution in [3.63, 3.8) is 0 Å². The van der Waals surface area contributed by atoms with Crippen molar-refractivity contribution in [2.45, 2.75) is 37.3 Å². The number of nitrogens with one attached hydrogen (secondary N) is 2. The molecule has 48 heavy (non-hydrogen) atoms. The van der Waals surface area contributed by atoms with Gasteiger partial charge in [-0.25, -0.2) is 4.79 Å². The molecule has 1 aliphatic rings. The Bertz CT molecular complexity index is 1720. The molecule has 5 aromatic rings. The van der Waals surface area contributed by atoms with E-state index < -0.39 is 17.7 Å². The summed E-state index contributed by atoms with van der Waals surface area (Å²) in [5.74, 6) is -0.279. The Labute approximate surface area is 287 Å². The van der Waals surface area contributed by atoms with E-state index in [-0.39, 0.29) is 36.3 Å². The average Bonchev–Trinajstić information content (AvgIpc) is 3.46. The lowest BCUT2D eigenvalue weighted by molar-refractivity contribution is -0.122. The number of alkyl carbamates (subject to hydrolysis) is 1. The first kappa shape index (κ1) is 32.7. The van der Waals surface area contributed by atoms with Crippen LogP contribution in [0.3, 0.4) is 0 Å². The Morgan fingerprint density at radius 3 is 1.62 bits per heavy atom. The van der Waals surface area contributed by atoms with Crippen molar-refractivity contribution in [1.82, 2.24) is 10.6 Å². The Balaban J connectivity index is 1.18. The second-order valence-electron chi connectivity index (χ2n) is 11.7. The maximum atomic E-state index is 13.9. The predicted octanol–water partition coefficient (Wildman–Crippen LogP) is 8.15. The Kier molecular flexibility index (Phi) is 10.3. The number of amides is 2. The number of hydrogen-bond acceptors (Lipinski definition) is 5. The number of hydrogen-bond donors (Lipinski definition) is 2. The normalized spacial score (nSPS) is 12.7. The molecule has 0 saturated heterocycles. The van der Waals surface area contributed by atoms with Crippen molar-refractivity contribution in [2.24, 2.45) is 0 Å². The number of carbonyl (C=O) groups is 2. The van der Waals surface area contributed by atoms with Crippen LogP contribution in [0.2, 0.25) is 0 Å². The fraction of sp³-hybridized carbons (Fsp3) is 0.195. The number of thiocarbonyl (C=S) groups is 1. The van der Waals surface area contributed by atoms with Crippen LogP contribution in [0.1, 0.15) is 53.5 Å². The summed E-state index contributed by atoms with van der Waals surface area (Å²) in [4.78, 5) is 27.2. The van der Waals surface area contributed by atoms with Crippen LogP contribution in [0.25, 0.3) is 11.1 Å². The van der Waals surface area contributed by atoms with Gasteiger partial charge in [-0.3, -0.25) is 4.79 Å². The minimum Gasteiger partial charge on any atom is -0.485 e. The molecule has 0 heterocycles. The summed E-state index contributed by atoms with van der Waals surface area (Å²) in [5.41, 5.74) is 6.39. The summed E-state index contributed by atoms with van der Waals surface area (Å²) in [5, 5.41) is 6.46. The Morgan fingerprint density at radius 2 is 1.15 bits per heavy atom. The lowest BCUT2D eigenvalue weighted by Gasteiger charge is -2.37. The highest BCUT2D eigenvalue weighted by molar-refractivity contribution is 7.80. The van der Waals surface area contributed by atoms with Crippen LogP contribution in [0.15, 0.2) is 140 Å². The third kappa shape index (κ3) is 6.87. The SMILES string of the molecule is CCOC(=S)[C@H](CCC(=O)NC(c1ccccc1)(c1ccccc1)c1ccccc1)NC(=O)OCC1c2ccccc2-c2ccccc21. The van der Waals surface area contributed by atoms with Crippen LogP contribution in [0, 0.1) is 0 Å². The monoisotopic (exact) mass is 654 g/mol. The van der Waals surface area contributed by atoms with Gasteiger partial charge in [-0.05, 0) is 64.5 Å². The second kappa shape index (κ2) is 15.1. The molecule has 0 unspecified atom stereocenters. The summed E-state index contributed by atoms with van der Waals surface area (Å²) in [6.07, 6.45) is -0.310. The second-order valence-corrected chi connectivity index (χ2v) is 12.1. The molecule has 7 heteroatoms. The molecule has 6 nitrogen and oxygen atoms in total. The van der Waals surface area contributed by atoms with Crippen molar-refractivity contribution in [3.05, 3.63) is 167 Å². The van der Waals surface area contributed by atoms with Crippen molar-refractivity contribution in [3.8, 4) is 11.1 Å². The van der Waals surface area contributed by atoms with E-state index in [2.05, 4.69) is 34.9 Å². The summed E-state index contributed by atoms with van der Waals surface area (Å²) in [7, 11) is 0. The van der Waals surface area contributed by atoms with E-state index in [9.17, 15) is 9.59 Å². The molecule has 242 valence electrons. The Hall–Kier alpha value is -5.27. The zero-order chi connectivity index (χ0) is 33.3. The first-order valence-electron chi connectivity index (χ1n) is 16.3. The van der Waals surface area contributed by atoms with Gasteiger partial charge in [-0.1, -0.05) is 140 Å². The van der Waals surface area contributed by atoms with E-state index in [1.165, 1.54) is 0 Å². The van der Waals surface area contributed by atoms with Gasteiger partial charge in [-0.2, -0.15) is 0 Å². The summed E-state index contributed by atoms with van der Waals surface area (Å²) >= 11 is 5.56. The lowest BCUT2D eigenvalue weighted by Crippen LogP contribution is -2.48. The highest BCUT2D eigenvalue weighted by atomic mass is 32.1. The van der Waals surface area contributed by atoms with Gasteiger partial charge < -0.3 is 20.1 Å². The molecule has 5 aromatic carbocycles. The standard InChI is InChI=1S/C41H38N2O4S/c1-2-46-39(48)37(42-40(45)47-28-36-34-24-14-12-22-32(34)33-23-13-15-25-35(33)36)26-27-38(44)43-41(29-16-6-3-7-17-29,30-18-8-4-9-19-30)31-20-10-5-11-21-31/h3-25,36-37H,2,26-28H2,1H3,(H,42,45)(H,43,44)/t37-/m0/s1. The molecule has 1 atom stereocenters. The lowest BCUT2D eigenvalue weighted by atomic mass is 9.77. The number of ether oxygens (including phenoxy) is 2. The van der Waals surface area contributed by atoms with Crippen molar-refractivity contribution < 1.29 is 19.1 Å². The number of fused-ring (bicyclic) bond motifs is 3. The smallest absolute Gasteiger partial charge is 0.407 e. The first-order valence-corrected chi connectivity index (χ1v) is 16.7. The van der Waals surface area contributed by atoms with Gasteiger partial charge in [0.15, 0.2) is 5.05 Å². The molecule has 0 fully saturated rings. The van der Waals surface area contributed by atoms with Crippen LogP contribution >= 0.6 is 12.2 Å². The molecule has 2 N–H and O–H groups in total. The highest BCUT2D eigenvalue weighted by Crippen LogP contribution is 2.44. The molecule has 0 saturated carbocycles. The quantitative estimate of drug-likeness (QED) is 0.105. The number of rotatable bonds is 12. The molecule has 0 aromatic heterocycles. The van der Waals surface area contributed by atoms with Gasteiger partial charge in [-0.15, -0.1) is 0 Å². The van der Waals surface area contributed by atoms with Crippen LogP contribution in [-0.2, 0) is 19.8 Å². The minimum absolute atomic E-state index is 0.0756. The molecule has 0 radical (unpaired) electrons. The molecular weight excluding hydrogens is 617 g/mol. The molecular formula is C41H38N2O4S. The fourth-order valence-electron chi connectivity index (χ4n) is 6.60. The van der Waals surface area contributed by atoms with E-state index in [0.717, 1.165) is 38.9 Å². The molecule has 1 aliphatic carbocycles. The van der Waals surface area contributed by atoms with Gasteiger partial charge in [0.2, 0.25) is 5.91 Å². The maximum absolute atomic E-state index is 13.9. The van der Waals surface area contributed by atoms with Crippen LogP contribution < -0.4 is 10.6 Å². The zero-order valence-electron chi connectivity index (χ0n) is 26.8. The van der Waals surface area contributed by atoms with Crippen molar-refractivity contribution >= 4 is 29.3 Å². The van der Waals surface area contributed by atoms with E-state index >= 15 is 0 Å². The summed E-state index contributed by atoms with van der Waals surface area (Å²) < 4.78 is 11.4. The predicted molar refractivity (Wildman–Crippen MR) is 193 cm³/mol. The summed E-state index contributed by atoms with van der Waals surface area (Å²) in [6.45, 7) is 2.34. The molecule has 6 rings (SSSR count). The highest BCUT2D eigenvalue weighted by Gasteiger charge is 2.38. The van der Waals surface area contributed by atoms with Crippen molar-refractivity contribution in [2.75, 3.05) is 13.2 Å². The first-order chi connectivity index (χ1) is 23.5. The van der Waals surface area contributed by atoms with Gasteiger partial charge in [0.05, 0.1) is 6.61 Å². The maximum Gasteiger partial charge on any atom is 0.407 e. The Morgan fingerprint density at radius 1 is 0.688 bits per heavy atom. The molecule has 2 amide bonds. The van der Waals surface area contributed by atoms with E-state index in [1.807, 2.05) is 122 Å². The molecule has 0 aliphatic heterocycles.